The topological polar surface area (TPSA) is 102 Å². The molecule has 2 aromatic rings. The highest BCUT2D eigenvalue weighted by Crippen LogP contribution is 2.29. The molecule has 1 unspecified atom stereocenters. The Morgan fingerprint density at radius 3 is 2.74 bits per heavy atom. The van der Waals surface area contributed by atoms with Gasteiger partial charge in [0.2, 0.25) is 0 Å². The molecule has 8 nitrogen and oxygen atoms in total. The number of nitrogens with zero attached hydrogens (tertiary/aromatic N) is 2. The standard InChI is InChI=1S/C19H20N2O6/c22-19(23)15-8-9-18(17(11-15)21(24)25)26-13-16-7-4-10-20(16)27-12-14-5-2-1-3-6-14/h1-3,5-6,8-9,11,16H,4,7,10,12-13H2,(H,22,23). The van der Waals surface area contributed by atoms with Gasteiger partial charge in [0.1, 0.15) is 6.61 Å². The highest BCUT2D eigenvalue weighted by atomic mass is 16.7. The van der Waals surface area contributed by atoms with Crippen molar-refractivity contribution in [2.24, 2.45) is 0 Å². The zero-order valence-electron chi connectivity index (χ0n) is 14.6. The Morgan fingerprint density at radius 2 is 2.04 bits per heavy atom. The van der Waals surface area contributed by atoms with Gasteiger partial charge in [-0.15, -0.1) is 0 Å². The number of hydrogen-bond acceptors (Lipinski definition) is 6. The summed E-state index contributed by atoms with van der Waals surface area (Å²) in [6, 6.07) is 13.4. The molecule has 0 bridgehead atoms. The van der Waals surface area contributed by atoms with Crippen molar-refractivity contribution in [3.05, 3.63) is 69.8 Å². The van der Waals surface area contributed by atoms with Crippen LogP contribution in [0.1, 0.15) is 28.8 Å². The Bertz CT molecular complexity index is 811. The lowest BCUT2D eigenvalue weighted by atomic mass is 10.2. The zero-order valence-corrected chi connectivity index (χ0v) is 14.6. The summed E-state index contributed by atoms with van der Waals surface area (Å²) >= 11 is 0. The third kappa shape index (κ3) is 4.81. The van der Waals surface area contributed by atoms with Crippen molar-refractivity contribution in [3.63, 3.8) is 0 Å². The number of carbonyl (C=O) groups is 1. The predicted octanol–water partition coefficient (Wildman–Crippen LogP) is 3.27. The van der Waals surface area contributed by atoms with Crippen molar-refractivity contribution in [1.29, 1.82) is 0 Å². The molecule has 142 valence electrons. The molecule has 0 aromatic heterocycles. The number of nitro benzene ring substituents is 1. The first kappa shape index (κ1) is 18.8. The van der Waals surface area contributed by atoms with Crippen LogP contribution in [-0.4, -0.2) is 40.3 Å². The molecule has 1 N–H and O–H groups in total. The number of rotatable bonds is 8. The minimum Gasteiger partial charge on any atom is -0.485 e. The molecule has 8 heteroatoms. The van der Waals surface area contributed by atoms with E-state index in [1.54, 1.807) is 0 Å². The van der Waals surface area contributed by atoms with Crippen molar-refractivity contribution in [1.82, 2.24) is 5.06 Å². The highest BCUT2D eigenvalue weighted by Gasteiger charge is 2.27. The Labute approximate surface area is 156 Å². The van der Waals surface area contributed by atoms with Gasteiger partial charge in [-0.25, -0.2) is 4.79 Å². The number of ether oxygens (including phenoxy) is 1. The van der Waals surface area contributed by atoms with Gasteiger partial charge in [-0.1, -0.05) is 30.3 Å². The number of hydrogen-bond donors (Lipinski definition) is 1. The molecule has 3 rings (SSSR count). The summed E-state index contributed by atoms with van der Waals surface area (Å²) in [6.45, 7) is 1.44. The van der Waals surface area contributed by atoms with Gasteiger partial charge in [0, 0.05) is 12.6 Å². The molecule has 0 aliphatic carbocycles. The lowest BCUT2D eigenvalue weighted by Gasteiger charge is -2.24. The highest BCUT2D eigenvalue weighted by molar-refractivity contribution is 5.88. The van der Waals surface area contributed by atoms with Crippen LogP contribution in [0.5, 0.6) is 5.75 Å². The molecular formula is C19H20N2O6. The van der Waals surface area contributed by atoms with Gasteiger partial charge in [-0.05, 0) is 30.5 Å². The fourth-order valence-corrected chi connectivity index (χ4v) is 2.98. The van der Waals surface area contributed by atoms with E-state index in [4.69, 9.17) is 14.7 Å². The van der Waals surface area contributed by atoms with Crippen molar-refractivity contribution >= 4 is 11.7 Å². The summed E-state index contributed by atoms with van der Waals surface area (Å²) in [7, 11) is 0. The number of benzene rings is 2. The smallest absolute Gasteiger partial charge is 0.335 e. The van der Waals surface area contributed by atoms with E-state index in [-0.39, 0.29) is 29.6 Å². The van der Waals surface area contributed by atoms with Gasteiger partial charge in [0.05, 0.1) is 23.1 Å². The summed E-state index contributed by atoms with van der Waals surface area (Å²) < 4.78 is 5.64. The van der Waals surface area contributed by atoms with Crippen LogP contribution in [0.15, 0.2) is 48.5 Å². The maximum absolute atomic E-state index is 11.2. The molecule has 1 aliphatic heterocycles. The maximum Gasteiger partial charge on any atom is 0.335 e. The third-order valence-electron chi connectivity index (χ3n) is 4.40. The second kappa shape index (κ2) is 8.61. The lowest BCUT2D eigenvalue weighted by Crippen LogP contribution is -2.34. The molecule has 2 aromatic carbocycles. The van der Waals surface area contributed by atoms with Crippen LogP contribution >= 0.6 is 0 Å². The quantitative estimate of drug-likeness (QED) is 0.560. The summed E-state index contributed by atoms with van der Waals surface area (Å²) in [5, 5.41) is 22.1. The van der Waals surface area contributed by atoms with Crippen molar-refractivity contribution < 1.29 is 24.4 Å². The minimum atomic E-state index is -1.22. The molecule has 27 heavy (non-hydrogen) atoms. The Hall–Kier alpha value is -2.97. The first-order chi connectivity index (χ1) is 13.0. The lowest BCUT2D eigenvalue weighted by molar-refractivity contribution is -0.386. The van der Waals surface area contributed by atoms with Crippen LogP contribution < -0.4 is 4.74 Å². The van der Waals surface area contributed by atoms with E-state index < -0.39 is 10.9 Å². The summed E-state index contributed by atoms with van der Waals surface area (Å²) in [5.74, 6) is -1.17. The van der Waals surface area contributed by atoms with E-state index in [0.717, 1.165) is 31.0 Å². The second-order valence-electron chi connectivity index (χ2n) is 6.25. The molecular weight excluding hydrogens is 352 g/mol. The van der Waals surface area contributed by atoms with E-state index in [0.29, 0.717) is 6.61 Å². The molecule has 0 radical (unpaired) electrons. The molecule has 1 heterocycles. The summed E-state index contributed by atoms with van der Waals surface area (Å²) in [6.07, 6.45) is 1.80. The monoisotopic (exact) mass is 372 g/mol. The van der Waals surface area contributed by atoms with Gasteiger partial charge in [0.15, 0.2) is 5.75 Å². The largest absolute Gasteiger partial charge is 0.485 e. The summed E-state index contributed by atoms with van der Waals surface area (Å²) in [4.78, 5) is 27.4. The predicted molar refractivity (Wildman–Crippen MR) is 96.5 cm³/mol. The molecule has 1 fully saturated rings. The SMILES string of the molecule is O=C(O)c1ccc(OCC2CCCN2OCc2ccccc2)c([N+](=O)[O-])c1. The normalized spacial score (nSPS) is 17.0. The van der Waals surface area contributed by atoms with Gasteiger partial charge in [0.25, 0.3) is 0 Å². The van der Waals surface area contributed by atoms with Gasteiger partial charge in [-0.3, -0.25) is 15.0 Å². The van der Waals surface area contributed by atoms with Crippen molar-refractivity contribution in [2.75, 3.05) is 13.2 Å². The van der Waals surface area contributed by atoms with Crippen molar-refractivity contribution in [2.45, 2.75) is 25.5 Å². The van der Waals surface area contributed by atoms with Crippen LogP contribution in [0.3, 0.4) is 0 Å². The van der Waals surface area contributed by atoms with Crippen molar-refractivity contribution in [3.8, 4) is 5.75 Å². The fraction of sp³-hybridized carbons (Fsp3) is 0.316. The van der Waals surface area contributed by atoms with Crippen LogP contribution in [0.4, 0.5) is 5.69 Å². The number of carboxylic acids is 1. The Morgan fingerprint density at radius 1 is 1.26 bits per heavy atom. The van der Waals surface area contributed by atoms with Crippen LogP contribution in [-0.2, 0) is 11.4 Å². The van der Waals surface area contributed by atoms with E-state index in [1.807, 2.05) is 35.4 Å². The van der Waals surface area contributed by atoms with E-state index in [2.05, 4.69) is 0 Å². The molecule has 0 amide bonds. The van der Waals surface area contributed by atoms with Crippen LogP contribution in [0.2, 0.25) is 0 Å². The molecule has 0 saturated carbocycles. The average molecular weight is 372 g/mol. The first-order valence-corrected chi connectivity index (χ1v) is 8.62. The number of carboxylic acid groups (broad SMARTS) is 1. The maximum atomic E-state index is 11.2. The van der Waals surface area contributed by atoms with Gasteiger partial charge in [-0.2, -0.15) is 5.06 Å². The first-order valence-electron chi connectivity index (χ1n) is 8.62. The van der Waals surface area contributed by atoms with Gasteiger partial charge >= 0.3 is 11.7 Å². The van der Waals surface area contributed by atoms with Gasteiger partial charge < -0.3 is 9.84 Å². The number of nitro groups is 1. The molecule has 0 spiro atoms. The average Bonchev–Trinajstić information content (AvgIpc) is 3.12. The zero-order chi connectivity index (χ0) is 19.2. The van der Waals surface area contributed by atoms with E-state index in [1.165, 1.54) is 12.1 Å². The van der Waals surface area contributed by atoms with E-state index in [9.17, 15) is 14.9 Å². The van der Waals surface area contributed by atoms with Crippen LogP contribution in [0, 0.1) is 10.1 Å². The second-order valence-corrected chi connectivity index (χ2v) is 6.25. The molecule has 1 atom stereocenters. The minimum absolute atomic E-state index is 0.0209. The third-order valence-corrected chi connectivity index (χ3v) is 4.40. The fourth-order valence-electron chi connectivity index (χ4n) is 2.98. The Kier molecular flexibility index (Phi) is 6.00. The number of hydroxylamine groups is 2. The van der Waals surface area contributed by atoms with E-state index >= 15 is 0 Å². The Balaban J connectivity index is 1.61. The molecule has 1 aliphatic rings. The number of aromatic carboxylic acids is 1. The summed E-state index contributed by atoms with van der Waals surface area (Å²) in [5.41, 5.74) is 0.552. The van der Waals surface area contributed by atoms with Crippen LogP contribution in [0.25, 0.3) is 0 Å². The molecule has 1 saturated heterocycles.